The number of nitrogens with one attached hydrogen (secondary N) is 2. The maximum atomic E-state index is 13.3. The summed E-state index contributed by atoms with van der Waals surface area (Å²) in [7, 11) is 4.87. The van der Waals surface area contributed by atoms with Gasteiger partial charge in [-0.1, -0.05) is 0 Å². The van der Waals surface area contributed by atoms with Gasteiger partial charge in [0.25, 0.3) is 0 Å². The normalized spacial score (nSPS) is 12.1. The van der Waals surface area contributed by atoms with Crippen molar-refractivity contribution in [1.82, 2.24) is 35.2 Å². The summed E-state index contributed by atoms with van der Waals surface area (Å²) in [4.78, 5) is 17.5. The number of pyridine rings is 1. The molecule has 3 aromatic heterocycles. The molecule has 0 aliphatic heterocycles. The number of nitrogens with zero attached hydrogens (tertiary/aromatic N) is 6. The molecule has 3 rings (SSSR count). The maximum absolute atomic E-state index is 13.3. The monoisotopic (exact) mass is 546 g/mol. The van der Waals surface area contributed by atoms with E-state index >= 15 is 0 Å². The van der Waals surface area contributed by atoms with Gasteiger partial charge in [0, 0.05) is 31.5 Å². The minimum absolute atomic E-state index is 0.0307. The number of carbonyl (C=O) groups is 1. The Morgan fingerprint density at radius 2 is 1.79 bits per heavy atom. The van der Waals surface area contributed by atoms with Crippen molar-refractivity contribution < 1.29 is 35.9 Å². The topological polar surface area (TPSA) is 110 Å². The number of aryl methyl sites for hydroxylation is 2. The van der Waals surface area contributed by atoms with Crippen molar-refractivity contribution in [2.24, 2.45) is 7.05 Å². The number of amides is 2. The van der Waals surface area contributed by atoms with Gasteiger partial charge in [-0.2, -0.15) is 36.5 Å². The molecule has 3 heterocycles. The molecule has 0 aliphatic rings. The number of urea groups is 1. The number of carbonyl (C=O) groups excluding carboxylic acids is 1. The summed E-state index contributed by atoms with van der Waals surface area (Å²) in [5, 5.41) is 15.9. The lowest BCUT2D eigenvalue weighted by molar-refractivity contribution is -0.142. The Bertz CT molecular complexity index is 1290. The van der Waals surface area contributed by atoms with Crippen LogP contribution in [0, 0.1) is 6.92 Å². The van der Waals surface area contributed by atoms with E-state index < -0.39 is 29.8 Å². The van der Waals surface area contributed by atoms with Crippen LogP contribution < -0.4 is 15.4 Å². The van der Waals surface area contributed by atoms with Gasteiger partial charge in [-0.15, -0.1) is 5.10 Å². The van der Waals surface area contributed by atoms with Crippen LogP contribution in [0.2, 0.25) is 0 Å². The van der Waals surface area contributed by atoms with Crippen LogP contribution in [0.5, 0.6) is 5.88 Å². The van der Waals surface area contributed by atoms with Crippen molar-refractivity contribution in [2.45, 2.75) is 25.8 Å². The van der Waals surface area contributed by atoms with Gasteiger partial charge in [0.05, 0.1) is 23.5 Å². The molecule has 2 amide bonds. The molecule has 0 saturated carbocycles. The molecule has 0 saturated heterocycles. The lowest BCUT2D eigenvalue weighted by Crippen LogP contribution is -2.29. The van der Waals surface area contributed by atoms with Gasteiger partial charge in [0.15, 0.2) is 11.4 Å². The molecule has 206 valence electrons. The number of aromatic nitrogens is 5. The van der Waals surface area contributed by atoms with Crippen molar-refractivity contribution in [3.8, 4) is 17.1 Å². The van der Waals surface area contributed by atoms with Crippen LogP contribution in [0.25, 0.3) is 11.3 Å². The number of hydrogen-bond acceptors (Lipinski definition) is 7. The molecule has 38 heavy (non-hydrogen) atoms. The first kappa shape index (κ1) is 28.6. The fraction of sp³-hybridized carbons (Fsp3) is 0.409. The van der Waals surface area contributed by atoms with E-state index in [1.54, 1.807) is 19.0 Å². The van der Waals surface area contributed by atoms with Crippen LogP contribution in [0.1, 0.15) is 22.6 Å². The van der Waals surface area contributed by atoms with Gasteiger partial charge in [0.1, 0.15) is 6.61 Å². The number of halogens is 6. The summed E-state index contributed by atoms with van der Waals surface area (Å²) >= 11 is 0. The predicted octanol–water partition coefficient (Wildman–Crippen LogP) is 3.88. The van der Waals surface area contributed by atoms with Crippen molar-refractivity contribution in [3.05, 3.63) is 47.0 Å². The third-order valence-electron chi connectivity index (χ3n) is 4.96. The number of hydrogen-bond donors (Lipinski definition) is 2. The minimum Gasteiger partial charge on any atom is -0.476 e. The Morgan fingerprint density at radius 1 is 1.08 bits per heavy atom. The van der Waals surface area contributed by atoms with Gasteiger partial charge in [-0.05, 0) is 38.7 Å². The van der Waals surface area contributed by atoms with Gasteiger partial charge in [-0.3, -0.25) is 4.68 Å². The highest BCUT2D eigenvalue weighted by Crippen LogP contribution is 2.36. The molecule has 0 unspecified atom stereocenters. The highest BCUT2D eigenvalue weighted by molar-refractivity contribution is 5.89. The van der Waals surface area contributed by atoms with Crippen LogP contribution in [-0.4, -0.2) is 63.1 Å². The van der Waals surface area contributed by atoms with Gasteiger partial charge in [0.2, 0.25) is 5.88 Å². The summed E-state index contributed by atoms with van der Waals surface area (Å²) in [6.07, 6.45) is -8.30. The quantitative estimate of drug-likeness (QED) is 0.413. The zero-order valence-corrected chi connectivity index (χ0v) is 20.7. The summed E-state index contributed by atoms with van der Waals surface area (Å²) in [5.74, 6) is -0.317. The molecule has 0 aliphatic carbocycles. The molecule has 3 aromatic rings. The second-order valence-corrected chi connectivity index (χ2v) is 8.47. The van der Waals surface area contributed by atoms with Crippen LogP contribution in [0.4, 0.5) is 36.8 Å². The first-order valence-corrected chi connectivity index (χ1v) is 11.0. The van der Waals surface area contributed by atoms with E-state index in [1.165, 1.54) is 26.2 Å². The molecular weight excluding hydrogens is 522 g/mol. The van der Waals surface area contributed by atoms with Crippen LogP contribution >= 0.6 is 0 Å². The van der Waals surface area contributed by atoms with Gasteiger partial charge < -0.3 is 20.3 Å². The Morgan fingerprint density at radius 3 is 2.39 bits per heavy atom. The molecule has 0 radical (unpaired) electrons. The molecule has 0 atom stereocenters. The predicted molar refractivity (Wildman–Crippen MR) is 123 cm³/mol. The average Bonchev–Trinajstić information content (AvgIpc) is 3.19. The van der Waals surface area contributed by atoms with Crippen molar-refractivity contribution in [2.75, 3.05) is 32.6 Å². The van der Waals surface area contributed by atoms with E-state index in [1.807, 2.05) is 0 Å². The van der Waals surface area contributed by atoms with E-state index in [9.17, 15) is 31.1 Å². The van der Waals surface area contributed by atoms with E-state index in [-0.39, 0.29) is 41.7 Å². The summed E-state index contributed by atoms with van der Waals surface area (Å²) in [6, 6.07) is 2.37. The molecule has 0 aromatic carbocycles. The maximum Gasteiger partial charge on any atom is 0.435 e. The second-order valence-electron chi connectivity index (χ2n) is 8.47. The molecule has 0 bridgehead atoms. The van der Waals surface area contributed by atoms with E-state index in [4.69, 9.17) is 4.74 Å². The zero-order chi connectivity index (χ0) is 28.3. The second kappa shape index (κ2) is 11.2. The van der Waals surface area contributed by atoms with E-state index in [2.05, 4.69) is 30.9 Å². The van der Waals surface area contributed by atoms with Gasteiger partial charge >= 0.3 is 18.4 Å². The highest BCUT2D eigenvalue weighted by Gasteiger charge is 2.38. The first-order chi connectivity index (χ1) is 17.6. The minimum atomic E-state index is -4.77. The number of anilines is 1. The van der Waals surface area contributed by atoms with Crippen LogP contribution in [0.15, 0.2) is 24.4 Å². The molecule has 0 spiro atoms. The Hall–Kier alpha value is -3.95. The molecule has 2 N–H and O–H groups in total. The Kier molecular flexibility index (Phi) is 8.44. The smallest absolute Gasteiger partial charge is 0.435 e. The SMILES string of the molecule is Cc1cc(CNC(=O)Nc2cc(OCCN(C)C)nc(C(F)(F)F)c2)nnc1-c1cn(C)nc1C(F)(F)F. The summed E-state index contributed by atoms with van der Waals surface area (Å²) in [5.41, 5.74) is -2.29. The molecule has 0 fully saturated rings. The fourth-order valence-corrected chi connectivity index (χ4v) is 3.24. The molecule has 16 heteroatoms. The van der Waals surface area contributed by atoms with E-state index in [0.717, 1.165) is 10.7 Å². The standard InChI is InChI=1S/C22H24F6N8O2/c1-12-7-14(32-33-18(12)15-11-36(4)34-19(15)22(26,27)28)10-29-20(37)30-13-8-16(21(23,24)25)31-17(9-13)38-6-5-35(2)3/h7-9,11H,5-6,10H2,1-4H3,(H2,29,30,31,37). The first-order valence-electron chi connectivity index (χ1n) is 11.0. The van der Waals surface area contributed by atoms with Crippen LogP contribution in [0.3, 0.4) is 0 Å². The van der Waals surface area contributed by atoms with Gasteiger partial charge in [-0.25, -0.2) is 9.78 Å². The highest BCUT2D eigenvalue weighted by atomic mass is 19.4. The Labute approximate surface area is 213 Å². The number of rotatable bonds is 8. The number of ether oxygens (including phenoxy) is 1. The van der Waals surface area contributed by atoms with Crippen molar-refractivity contribution in [3.63, 3.8) is 0 Å². The Balaban J connectivity index is 1.70. The third kappa shape index (κ3) is 7.53. The van der Waals surface area contributed by atoms with Crippen LogP contribution in [-0.2, 0) is 25.9 Å². The largest absolute Gasteiger partial charge is 0.476 e. The third-order valence-corrected chi connectivity index (χ3v) is 4.96. The summed E-state index contributed by atoms with van der Waals surface area (Å²) < 4.78 is 86.0. The fourth-order valence-electron chi connectivity index (χ4n) is 3.24. The lowest BCUT2D eigenvalue weighted by Gasteiger charge is -2.14. The average molecular weight is 546 g/mol. The van der Waals surface area contributed by atoms with Crippen molar-refractivity contribution in [1.29, 1.82) is 0 Å². The van der Waals surface area contributed by atoms with E-state index in [0.29, 0.717) is 18.2 Å². The lowest BCUT2D eigenvalue weighted by atomic mass is 10.1. The zero-order valence-electron chi connectivity index (χ0n) is 20.7. The summed E-state index contributed by atoms with van der Waals surface area (Å²) in [6.45, 7) is 1.82. The number of alkyl halides is 6. The molecule has 10 nitrogen and oxygen atoms in total. The molecular formula is C22H24F6N8O2. The number of likely N-dealkylation sites (N-methyl/N-ethyl adjacent to an activating group) is 1. The van der Waals surface area contributed by atoms with Crippen molar-refractivity contribution >= 4 is 11.7 Å².